The van der Waals surface area contributed by atoms with E-state index in [9.17, 15) is 5.26 Å². The van der Waals surface area contributed by atoms with Crippen LogP contribution in [-0.4, -0.2) is 12.6 Å². The van der Waals surface area contributed by atoms with Crippen LogP contribution >= 0.6 is 11.8 Å². The first-order valence-corrected chi connectivity index (χ1v) is 10.4. The fourth-order valence-corrected chi connectivity index (χ4v) is 4.68. The van der Waals surface area contributed by atoms with Crippen LogP contribution in [0.2, 0.25) is 0 Å². The third-order valence-electron chi connectivity index (χ3n) is 5.15. The number of benzene rings is 3. The van der Waals surface area contributed by atoms with E-state index >= 15 is 0 Å². The number of nitrogens with zero attached hydrogens (tertiary/aromatic N) is 2. The molecule has 0 spiro atoms. The van der Waals surface area contributed by atoms with E-state index in [0.29, 0.717) is 5.56 Å². The van der Waals surface area contributed by atoms with Crippen molar-refractivity contribution < 1.29 is 0 Å². The van der Waals surface area contributed by atoms with Crippen LogP contribution in [0.4, 0.5) is 11.4 Å². The van der Waals surface area contributed by atoms with Crippen molar-refractivity contribution in [3.05, 3.63) is 83.9 Å². The Morgan fingerprint density at radius 3 is 2.43 bits per heavy atom. The van der Waals surface area contributed by atoms with Crippen LogP contribution in [0.3, 0.4) is 0 Å². The molecule has 3 aromatic carbocycles. The molecule has 0 bridgehead atoms. The summed E-state index contributed by atoms with van der Waals surface area (Å²) >= 11 is 1.77. The first kappa shape index (κ1) is 18.6. The average molecular weight is 386 g/mol. The lowest BCUT2D eigenvalue weighted by Gasteiger charge is -2.38. The number of rotatable bonds is 5. The van der Waals surface area contributed by atoms with Crippen molar-refractivity contribution in [1.82, 2.24) is 5.32 Å². The van der Waals surface area contributed by atoms with Crippen LogP contribution in [0.25, 0.3) is 0 Å². The second-order valence-corrected chi connectivity index (χ2v) is 8.21. The lowest BCUT2D eigenvalue weighted by molar-refractivity contribution is 0.527. The van der Waals surface area contributed by atoms with Crippen molar-refractivity contribution in [2.45, 2.75) is 35.7 Å². The topological polar surface area (TPSA) is 39.1 Å². The summed E-state index contributed by atoms with van der Waals surface area (Å²) < 4.78 is 0. The molecule has 1 heterocycles. The Balaban J connectivity index is 1.62. The fraction of sp³-hybridized carbons (Fsp3) is 0.208. The lowest BCUT2D eigenvalue weighted by Crippen LogP contribution is -2.39. The maximum atomic E-state index is 9.37. The van der Waals surface area contributed by atoms with Gasteiger partial charge in [-0.25, -0.2) is 0 Å². The molecule has 0 radical (unpaired) electrons. The summed E-state index contributed by atoms with van der Waals surface area (Å²) in [5.41, 5.74) is 4.30. The maximum absolute atomic E-state index is 9.37. The van der Waals surface area contributed by atoms with Crippen LogP contribution in [0.15, 0.2) is 82.6 Å². The van der Waals surface area contributed by atoms with Crippen molar-refractivity contribution in [3.8, 4) is 6.07 Å². The molecule has 0 saturated heterocycles. The van der Waals surface area contributed by atoms with E-state index in [4.69, 9.17) is 0 Å². The highest BCUT2D eigenvalue weighted by atomic mass is 32.2. The highest BCUT2D eigenvalue weighted by Crippen LogP contribution is 2.49. The molecular weight excluding hydrogens is 362 g/mol. The van der Waals surface area contributed by atoms with Gasteiger partial charge in [0.25, 0.3) is 0 Å². The zero-order valence-corrected chi connectivity index (χ0v) is 16.9. The van der Waals surface area contributed by atoms with Crippen LogP contribution in [0.5, 0.6) is 0 Å². The molecule has 0 aliphatic carbocycles. The number of para-hydroxylation sites is 1. The number of hydrogen-bond donors (Lipinski definition) is 1. The van der Waals surface area contributed by atoms with Crippen LogP contribution in [0.1, 0.15) is 31.0 Å². The Labute approximate surface area is 171 Å². The molecule has 4 heteroatoms. The molecule has 2 atom stereocenters. The van der Waals surface area contributed by atoms with Gasteiger partial charge >= 0.3 is 0 Å². The Bertz CT molecular complexity index is 1010. The highest BCUT2D eigenvalue weighted by molar-refractivity contribution is 7.99. The predicted molar refractivity (Wildman–Crippen MR) is 116 cm³/mol. The number of nitriles is 1. The van der Waals surface area contributed by atoms with E-state index in [-0.39, 0.29) is 12.1 Å². The van der Waals surface area contributed by atoms with Gasteiger partial charge in [0, 0.05) is 28.4 Å². The van der Waals surface area contributed by atoms with Gasteiger partial charge in [0.15, 0.2) is 0 Å². The van der Waals surface area contributed by atoms with E-state index < -0.39 is 0 Å². The SMILES string of the molecule is CC(CN[C@H](C)c1ccccc1)N1c2ccccc2Sc2ccc(C#N)cc21. The fourth-order valence-electron chi connectivity index (χ4n) is 3.63. The first-order valence-electron chi connectivity index (χ1n) is 9.56. The minimum Gasteiger partial charge on any atom is -0.335 e. The number of hydrogen-bond acceptors (Lipinski definition) is 4. The molecule has 0 amide bonds. The molecule has 1 N–H and O–H groups in total. The molecule has 0 fully saturated rings. The molecular formula is C24H23N3S. The van der Waals surface area contributed by atoms with Crippen molar-refractivity contribution in [2.75, 3.05) is 11.4 Å². The van der Waals surface area contributed by atoms with Gasteiger partial charge in [-0.1, -0.05) is 54.2 Å². The molecule has 0 saturated carbocycles. The van der Waals surface area contributed by atoms with Gasteiger partial charge in [-0.2, -0.15) is 5.26 Å². The van der Waals surface area contributed by atoms with Crippen LogP contribution in [-0.2, 0) is 0 Å². The van der Waals surface area contributed by atoms with Crippen molar-refractivity contribution in [3.63, 3.8) is 0 Å². The molecule has 140 valence electrons. The summed E-state index contributed by atoms with van der Waals surface area (Å²) in [5.74, 6) is 0. The quantitative estimate of drug-likeness (QED) is 0.593. The van der Waals surface area contributed by atoms with Crippen LogP contribution < -0.4 is 10.2 Å². The van der Waals surface area contributed by atoms with E-state index in [1.165, 1.54) is 21.0 Å². The minimum atomic E-state index is 0.237. The van der Waals surface area contributed by atoms with Crippen molar-refractivity contribution in [2.24, 2.45) is 0 Å². The Kier molecular flexibility index (Phi) is 5.38. The van der Waals surface area contributed by atoms with E-state index in [1.807, 2.05) is 18.2 Å². The second kappa shape index (κ2) is 8.10. The van der Waals surface area contributed by atoms with Crippen LogP contribution in [0, 0.1) is 11.3 Å². The standard InChI is InChI=1S/C24H23N3S/c1-17(16-26-18(2)20-8-4-3-5-9-20)27-21-10-6-7-11-23(21)28-24-13-12-19(15-25)14-22(24)27/h3-14,17-18,26H,16H2,1-2H3/t17?,18-/m1/s1. The van der Waals surface area contributed by atoms with Gasteiger partial charge in [-0.05, 0) is 49.7 Å². The van der Waals surface area contributed by atoms with Crippen molar-refractivity contribution in [1.29, 1.82) is 5.26 Å². The molecule has 1 aliphatic heterocycles. The number of nitrogens with one attached hydrogen (secondary N) is 1. The first-order chi connectivity index (χ1) is 13.7. The molecule has 3 aromatic rings. The number of fused-ring (bicyclic) bond motifs is 2. The summed E-state index contributed by atoms with van der Waals surface area (Å²) in [6.45, 7) is 5.27. The molecule has 28 heavy (non-hydrogen) atoms. The largest absolute Gasteiger partial charge is 0.335 e. The summed E-state index contributed by atoms with van der Waals surface area (Å²) in [4.78, 5) is 4.82. The number of anilines is 2. The van der Waals surface area contributed by atoms with E-state index in [1.54, 1.807) is 11.8 Å². The lowest BCUT2D eigenvalue weighted by atomic mass is 10.1. The zero-order chi connectivity index (χ0) is 19.5. The molecule has 1 unspecified atom stereocenters. The molecule has 3 nitrogen and oxygen atoms in total. The second-order valence-electron chi connectivity index (χ2n) is 7.12. The third kappa shape index (κ3) is 3.64. The van der Waals surface area contributed by atoms with Gasteiger partial charge in [0.1, 0.15) is 0 Å². The Morgan fingerprint density at radius 2 is 1.64 bits per heavy atom. The molecule has 1 aliphatic rings. The summed E-state index contributed by atoms with van der Waals surface area (Å²) in [6.07, 6.45) is 0. The Morgan fingerprint density at radius 1 is 0.929 bits per heavy atom. The maximum Gasteiger partial charge on any atom is 0.0992 e. The van der Waals surface area contributed by atoms with Gasteiger partial charge in [-0.3, -0.25) is 0 Å². The van der Waals surface area contributed by atoms with E-state index in [0.717, 1.165) is 12.2 Å². The van der Waals surface area contributed by atoms with Gasteiger partial charge in [0.2, 0.25) is 0 Å². The zero-order valence-electron chi connectivity index (χ0n) is 16.1. The van der Waals surface area contributed by atoms with Gasteiger partial charge in [-0.15, -0.1) is 0 Å². The average Bonchev–Trinajstić information content (AvgIpc) is 2.75. The summed E-state index contributed by atoms with van der Waals surface area (Å²) in [6, 6.07) is 27.8. The highest BCUT2D eigenvalue weighted by Gasteiger charge is 2.27. The van der Waals surface area contributed by atoms with E-state index in [2.05, 4.69) is 84.7 Å². The Hall–Kier alpha value is -2.74. The normalized spacial score (nSPS) is 14.5. The van der Waals surface area contributed by atoms with Crippen molar-refractivity contribution >= 4 is 23.1 Å². The van der Waals surface area contributed by atoms with Gasteiger partial charge in [0.05, 0.1) is 23.0 Å². The smallest absolute Gasteiger partial charge is 0.0992 e. The third-order valence-corrected chi connectivity index (χ3v) is 6.28. The minimum absolute atomic E-state index is 0.237. The molecule has 0 aromatic heterocycles. The van der Waals surface area contributed by atoms with Gasteiger partial charge < -0.3 is 10.2 Å². The summed E-state index contributed by atoms with van der Waals surface area (Å²) in [5, 5.41) is 13.0. The molecule has 4 rings (SSSR count). The summed E-state index contributed by atoms with van der Waals surface area (Å²) in [7, 11) is 0. The monoisotopic (exact) mass is 385 g/mol. The predicted octanol–water partition coefficient (Wildman–Crippen LogP) is 5.90.